The number of rotatable bonds is 1. The van der Waals surface area contributed by atoms with Gasteiger partial charge in [0.25, 0.3) is 5.91 Å². The molecule has 2 saturated heterocycles. The minimum atomic E-state index is -0.532. The second-order valence-corrected chi connectivity index (χ2v) is 5.56. The molecule has 2 aliphatic rings. The van der Waals surface area contributed by atoms with Gasteiger partial charge >= 0.3 is 0 Å². The van der Waals surface area contributed by atoms with Crippen LogP contribution in [0.25, 0.3) is 0 Å². The average molecular weight is 254 g/mol. The summed E-state index contributed by atoms with van der Waals surface area (Å²) in [6.07, 6.45) is 2.40. The third-order valence-electron chi connectivity index (χ3n) is 3.13. The summed E-state index contributed by atoms with van der Waals surface area (Å²) in [5.41, 5.74) is 0. The van der Waals surface area contributed by atoms with Crippen molar-refractivity contribution in [1.82, 2.24) is 9.88 Å². The second-order valence-electron chi connectivity index (χ2n) is 4.33. The van der Waals surface area contributed by atoms with Crippen LogP contribution in [-0.2, 0) is 9.47 Å². The molecule has 1 aromatic heterocycles. The molecule has 0 N–H and O–H groups in total. The molecule has 0 aromatic carbocycles. The van der Waals surface area contributed by atoms with Crippen LogP contribution in [0.15, 0.2) is 6.20 Å². The molecule has 2 aliphatic heterocycles. The van der Waals surface area contributed by atoms with Crippen molar-refractivity contribution in [3.63, 3.8) is 0 Å². The maximum Gasteiger partial charge on any atom is 0.265 e. The van der Waals surface area contributed by atoms with E-state index >= 15 is 0 Å². The number of carbonyl (C=O) groups is 1. The van der Waals surface area contributed by atoms with Gasteiger partial charge in [0.15, 0.2) is 5.79 Å². The highest BCUT2D eigenvalue weighted by atomic mass is 32.1. The Morgan fingerprint density at radius 1 is 1.53 bits per heavy atom. The van der Waals surface area contributed by atoms with Crippen molar-refractivity contribution in [3.05, 3.63) is 16.1 Å². The zero-order chi connectivity index (χ0) is 11.9. The zero-order valence-corrected chi connectivity index (χ0v) is 10.5. The van der Waals surface area contributed by atoms with Crippen LogP contribution in [0.5, 0.6) is 0 Å². The number of thiazole rings is 1. The lowest BCUT2D eigenvalue weighted by atomic mass is 10.2. The topological polar surface area (TPSA) is 51.7 Å². The molecule has 1 aromatic rings. The first kappa shape index (κ1) is 11.1. The summed E-state index contributed by atoms with van der Waals surface area (Å²) in [6, 6.07) is 0. The predicted octanol–water partition coefficient (Wildman–Crippen LogP) is 1.04. The van der Waals surface area contributed by atoms with Crippen LogP contribution in [-0.4, -0.2) is 47.9 Å². The van der Waals surface area contributed by atoms with E-state index in [-0.39, 0.29) is 5.91 Å². The lowest BCUT2D eigenvalue weighted by molar-refractivity contribution is -0.143. The molecule has 3 heterocycles. The Morgan fingerprint density at radius 2 is 2.29 bits per heavy atom. The van der Waals surface area contributed by atoms with Crippen LogP contribution < -0.4 is 0 Å². The van der Waals surface area contributed by atoms with E-state index < -0.39 is 5.79 Å². The SMILES string of the molecule is Cc1ncc(C(=O)N2CCC3(C2)OCCO3)s1. The van der Waals surface area contributed by atoms with E-state index in [1.54, 1.807) is 11.1 Å². The quantitative estimate of drug-likeness (QED) is 0.751. The van der Waals surface area contributed by atoms with Gasteiger partial charge in [-0.05, 0) is 6.92 Å². The fourth-order valence-corrected chi connectivity index (χ4v) is 3.02. The first-order chi connectivity index (χ1) is 8.19. The van der Waals surface area contributed by atoms with Crippen molar-refractivity contribution in [3.8, 4) is 0 Å². The van der Waals surface area contributed by atoms with Gasteiger partial charge < -0.3 is 14.4 Å². The number of ether oxygens (including phenoxy) is 2. The van der Waals surface area contributed by atoms with Gasteiger partial charge in [0.05, 0.1) is 31.0 Å². The van der Waals surface area contributed by atoms with Gasteiger partial charge in [0, 0.05) is 13.0 Å². The Morgan fingerprint density at radius 3 is 2.94 bits per heavy atom. The number of nitrogens with zero attached hydrogens (tertiary/aromatic N) is 2. The Labute approximate surface area is 103 Å². The van der Waals surface area contributed by atoms with Crippen molar-refractivity contribution in [2.45, 2.75) is 19.1 Å². The van der Waals surface area contributed by atoms with Gasteiger partial charge in [-0.3, -0.25) is 4.79 Å². The molecule has 0 bridgehead atoms. The van der Waals surface area contributed by atoms with Gasteiger partial charge in [0.1, 0.15) is 4.88 Å². The number of aromatic nitrogens is 1. The molecule has 0 atom stereocenters. The number of amides is 1. The highest BCUT2D eigenvalue weighted by molar-refractivity contribution is 7.13. The predicted molar refractivity (Wildman–Crippen MR) is 62.0 cm³/mol. The van der Waals surface area contributed by atoms with E-state index in [9.17, 15) is 4.79 Å². The molecule has 0 radical (unpaired) electrons. The average Bonchev–Trinajstić information content (AvgIpc) is 3.02. The van der Waals surface area contributed by atoms with E-state index in [1.807, 2.05) is 6.92 Å². The number of hydrogen-bond donors (Lipinski definition) is 0. The highest BCUT2D eigenvalue weighted by Gasteiger charge is 2.45. The first-order valence-corrected chi connectivity index (χ1v) is 6.50. The molecule has 6 heteroatoms. The Hall–Kier alpha value is -0.980. The van der Waals surface area contributed by atoms with Crippen LogP contribution in [0.1, 0.15) is 21.1 Å². The van der Waals surface area contributed by atoms with Gasteiger partial charge in [-0.25, -0.2) is 4.98 Å². The summed E-state index contributed by atoms with van der Waals surface area (Å²) >= 11 is 1.43. The summed E-state index contributed by atoms with van der Waals surface area (Å²) in [4.78, 5) is 18.8. The summed E-state index contributed by atoms with van der Waals surface area (Å²) in [6.45, 7) is 4.37. The van der Waals surface area contributed by atoms with E-state index in [0.717, 1.165) is 11.4 Å². The first-order valence-electron chi connectivity index (χ1n) is 5.68. The maximum absolute atomic E-state index is 12.2. The lowest BCUT2D eigenvalue weighted by Gasteiger charge is -2.21. The minimum absolute atomic E-state index is 0.0339. The maximum atomic E-state index is 12.2. The standard InChI is InChI=1S/C11H14N2O3S/c1-8-12-6-9(17-8)10(14)13-3-2-11(7-13)15-4-5-16-11/h6H,2-5,7H2,1H3. The molecular weight excluding hydrogens is 240 g/mol. The summed E-state index contributed by atoms with van der Waals surface area (Å²) in [5.74, 6) is -0.498. The molecule has 17 heavy (non-hydrogen) atoms. The van der Waals surface area contributed by atoms with E-state index in [1.165, 1.54) is 11.3 Å². The number of hydrogen-bond acceptors (Lipinski definition) is 5. The molecular formula is C11H14N2O3S. The second kappa shape index (κ2) is 4.04. The molecule has 0 aliphatic carbocycles. The van der Waals surface area contributed by atoms with Gasteiger partial charge in [-0.1, -0.05) is 0 Å². The smallest absolute Gasteiger partial charge is 0.265 e. The van der Waals surface area contributed by atoms with Crippen LogP contribution >= 0.6 is 11.3 Å². The molecule has 2 fully saturated rings. The number of likely N-dealkylation sites (tertiary alicyclic amines) is 1. The van der Waals surface area contributed by atoms with Crippen LogP contribution in [0.3, 0.4) is 0 Å². The van der Waals surface area contributed by atoms with Crippen LogP contribution in [0.4, 0.5) is 0 Å². The van der Waals surface area contributed by atoms with Crippen molar-refractivity contribution in [2.75, 3.05) is 26.3 Å². The van der Waals surface area contributed by atoms with Gasteiger partial charge in [-0.15, -0.1) is 11.3 Å². The van der Waals surface area contributed by atoms with E-state index in [2.05, 4.69) is 4.98 Å². The third-order valence-corrected chi connectivity index (χ3v) is 4.03. The zero-order valence-electron chi connectivity index (χ0n) is 9.64. The summed E-state index contributed by atoms with van der Waals surface area (Å²) < 4.78 is 11.2. The number of carbonyl (C=O) groups excluding carboxylic acids is 1. The molecule has 1 spiro atoms. The largest absolute Gasteiger partial charge is 0.346 e. The molecule has 5 nitrogen and oxygen atoms in total. The van der Waals surface area contributed by atoms with Crippen molar-refractivity contribution in [1.29, 1.82) is 0 Å². The van der Waals surface area contributed by atoms with E-state index in [0.29, 0.717) is 31.2 Å². The monoisotopic (exact) mass is 254 g/mol. The fraction of sp³-hybridized carbons (Fsp3) is 0.636. The molecule has 1 amide bonds. The lowest BCUT2D eigenvalue weighted by Crippen LogP contribution is -2.36. The van der Waals surface area contributed by atoms with Gasteiger partial charge in [-0.2, -0.15) is 0 Å². The molecule has 3 rings (SSSR count). The number of aryl methyl sites for hydroxylation is 1. The Bertz CT molecular complexity index is 440. The molecule has 92 valence electrons. The minimum Gasteiger partial charge on any atom is -0.346 e. The summed E-state index contributed by atoms with van der Waals surface area (Å²) in [7, 11) is 0. The highest BCUT2D eigenvalue weighted by Crippen LogP contribution is 2.31. The van der Waals surface area contributed by atoms with Crippen LogP contribution in [0, 0.1) is 6.92 Å². The summed E-state index contributed by atoms with van der Waals surface area (Å²) in [5, 5.41) is 0.913. The van der Waals surface area contributed by atoms with Crippen molar-refractivity contribution < 1.29 is 14.3 Å². The van der Waals surface area contributed by atoms with Crippen molar-refractivity contribution >= 4 is 17.2 Å². The molecule has 0 unspecified atom stereocenters. The van der Waals surface area contributed by atoms with Crippen LogP contribution in [0.2, 0.25) is 0 Å². The van der Waals surface area contributed by atoms with E-state index in [4.69, 9.17) is 9.47 Å². The Balaban J connectivity index is 1.72. The van der Waals surface area contributed by atoms with Crippen molar-refractivity contribution in [2.24, 2.45) is 0 Å². The fourth-order valence-electron chi connectivity index (χ4n) is 2.28. The molecule has 0 saturated carbocycles. The normalized spacial score (nSPS) is 22.5. The third kappa shape index (κ3) is 1.96. The Kier molecular flexibility index (Phi) is 2.65. The van der Waals surface area contributed by atoms with Gasteiger partial charge in [0.2, 0.25) is 0 Å².